The van der Waals surface area contributed by atoms with Crippen LogP contribution in [0.5, 0.6) is 0 Å². The fourth-order valence-electron chi connectivity index (χ4n) is 1.57. The van der Waals surface area contributed by atoms with Crippen LogP contribution in [0.3, 0.4) is 0 Å². The van der Waals surface area contributed by atoms with Crippen molar-refractivity contribution in [3.05, 3.63) is 45.8 Å². The lowest BCUT2D eigenvalue weighted by Gasteiger charge is -2.02. The smallest absolute Gasteiger partial charge is 0.336 e. The number of carbonyl (C=O) groups excluding carboxylic acids is 1. The Kier molecular flexibility index (Phi) is 2.15. The first-order valence-electron chi connectivity index (χ1n) is 4.63. The number of carbonyl (C=O) groups is 1. The summed E-state index contributed by atoms with van der Waals surface area (Å²) in [5.41, 5.74) is 1.42. The summed E-state index contributed by atoms with van der Waals surface area (Å²) in [6.07, 6.45) is 0. The standard InChI is InChI=1S/C12H10O3/c1-7-3-4-11-10(5-7)9(8(2)13)6-12(14)15-11/h3-6H,1-2H3. The van der Waals surface area contributed by atoms with Gasteiger partial charge in [-0.15, -0.1) is 0 Å². The van der Waals surface area contributed by atoms with Gasteiger partial charge in [0.1, 0.15) is 5.58 Å². The van der Waals surface area contributed by atoms with Crippen LogP contribution in [0.15, 0.2) is 33.5 Å². The van der Waals surface area contributed by atoms with E-state index in [9.17, 15) is 9.59 Å². The number of fused-ring (bicyclic) bond motifs is 1. The van der Waals surface area contributed by atoms with Crippen molar-refractivity contribution < 1.29 is 9.21 Å². The molecule has 0 radical (unpaired) electrons. The Balaban J connectivity index is 2.94. The van der Waals surface area contributed by atoms with E-state index in [0.29, 0.717) is 16.5 Å². The van der Waals surface area contributed by atoms with E-state index in [2.05, 4.69) is 0 Å². The number of aryl methyl sites for hydroxylation is 1. The number of rotatable bonds is 1. The molecule has 0 unspecified atom stereocenters. The fraction of sp³-hybridized carbons (Fsp3) is 0.167. The number of ketones is 1. The SMILES string of the molecule is CC(=O)c1cc(=O)oc2ccc(C)cc12. The molecule has 0 aliphatic rings. The molecule has 3 nitrogen and oxygen atoms in total. The first kappa shape index (κ1) is 9.65. The van der Waals surface area contributed by atoms with Gasteiger partial charge in [0.05, 0.1) is 0 Å². The van der Waals surface area contributed by atoms with Crippen LogP contribution in [0.2, 0.25) is 0 Å². The van der Waals surface area contributed by atoms with Crippen molar-refractivity contribution >= 4 is 16.8 Å². The van der Waals surface area contributed by atoms with Gasteiger partial charge in [-0.05, 0) is 26.0 Å². The minimum Gasteiger partial charge on any atom is -0.423 e. The Morgan fingerprint density at radius 1 is 1.27 bits per heavy atom. The molecule has 1 aromatic heterocycles. The molecule has 1 aromatic carbocycles. The second-order valence-corrected chi connectivity index (χ2v) is 3.53. The van der Waals surface area contributed by atoms with Gasteiger partial charge in [0.25, 0.3) is 0 Å². The number of hydrogen-bond acceptors (Lipinski definition) is 3. The zero-order valence-electron chi connectivity index (χ0n) is 8.53. The van der Waals surface area contributed by atoms with Crippen molar-refractivity contribution in [2.75, 3.05) is 0 Å². The monoisotopic (exact) mass is 202 g/mol. The van der Waals surface area contributed by atoms with E-state index in [0.717, 1.165) is 5.56 Å². The maximum Gasteiger partial charge on any atom is 0.336 e. The topological polar surface area (TPSA) is 47.3 Å². The van der Waals surface area contributed by atoms with Gasteiger partial charge in [0.15, 0.2) is 5.78 Å². The van der Waals surface area contributed by atoms with Crippen LogP contribution in [-0.4, -0.2) is 5.78 Å². The summed E-state index contributed by atoms with van der Waals surface area (Å²) < 4.78 is 5.00. The van der Waals surface area contributed by atoms with Crippen molar-refractivity contribution in [1.82, 2.24) is 0 Å². The third-order valence-electron chi connectivity index (χ3n) is 2.28. The van der Waals surface area contributed by atoms with Crippen LogP contribution in [-0.2, 0) is 0 Å². The molecule has 0 saturated carbocycles. The minimum atomic E-state index is -0.489. The molecule has 0 aliphatic heterocycles. The van der Waals surface area contributed by atoms with Gasteiger partial charge < -0.3 is 4.42 Å². The minimum absolute atomic E-state index is 0.126. The van der Waals surface area contributed by atoms with E-state index in [1.165, 1.54) is 13.0 Å². The lowest BCUT2D eigenvalue weighted by atomic mass is 10.1. The maximum absolute atomic E-state index is 11.3. The van der Waals surface area contributed by atoms with Gasteiger partial charge in [-0.3, -0.25) is 4.79 Å². The van der Waals surface area contributed by atoms with Crippen molar-refractivity contribution in [3.8, 4) is 0 Å². The van der Waals surface area contributed by atoms with E-state index in [1.807, 2.05) is 19.1 Å². The first-order chi connectivity index (χ1) is 7.08. The summed E-state index contributed by atoms with van der Waals surface area (Å²) in [4.78, 5) is 22.5. The zero-order chi connectivity index (χ0) is 11.0. The van der Waals surface area contributed by atoms with Crippen LogP contribution in [0.4, 0.5) is 0 Å². The molecular weight excluding hydrogens is 192 g/mol. The van der Waals surface area contributed by atoms with Gasteiger partial charge in [-0.2, -0.15) is 0 Å². The summed E-state index contributed by atoms with van der Waals surface area (Å²) in [6, 6.07) is 6.63. The maximum atomic E-state index is 11.3. The lowest BCUT2D eigenvalue weighted by Crippen LogP contribution is -2.03. The van der Waals surface area contributed by atoms with Crippen LogP contribution in [0.1, 0.15) is 22.8 Å². The molecule has 3 heteroatoms. The van der Waals surface area contributed by atoms with Crippen molar-refractivity contribution in [2.45, 2.75) is 13.8 Å². The quantitative estimate of drug-likeness (QED) is 0.526. The highest BCUT2D eigenvalue weighted by Crippen LogP contribution is 2.18. The summed E-state index contributed by atoms with van der Waals surface area (Å²) >= 11 is 0. The Labute approximate surface area is 86.3 Å². The predicted molar refractivity (Wildman–Crippen MR) is 57.2 cm³/mol. The van der Waals surface area contributed by atoms with Gasteiger partial charge in [0.2, 0.25) is 0 Å². The van der Waals surface area contributed by atoms with Crippen molar-refractivity contribution in [3.63, 3.8) is 0 Å². The highest BCUT2D eigenvalue weighted by molar-refractivity contribution is 6.05. The Bertz CT molecular complexity index is 593. The fourth-order valence-corrected chi connectivity index (χ4v) is 1.57. The summed E-state index contributed by atoms with van der Waals surface area (Å²) in [5, 5.41) is 0.696. The van der Waals surface area contributed by atoms with Crippen LogP contribution >= 0.6 is 0 Å². The van der Waals surface area contributed by atoms with Crippen LogP contribution < -0.4 is 5.63 Å². The molecule has 76 valence electrons. The van der Waals surface area contributed by atoms with E-state index in [4.69, 9.17) is 4.42 Å². The van der Waals surface area contributed by atoms with Crippen molar-refractivity contribution in [2.24, 2.45) is 0 Å². The van der Waals surface area contributed by atoms with Crippen molar-refractivity contribution in [1.29, 1.82) is 0 Å². The van der Waals surface area contributed by atoms with Crippen LogP contribution in [0.25, 0.3) is 11.0 Å². The number of benzene rings is 1. The van der Waals surface area contributed by atoms with Gasteiger partial charge >= 0.3 is 5.63 Å². The molecule has 1 heterocycles. The lowest BCUT2D eigenvalue weighted by molar-refractivity contribution is 0.101. The molecule has 0 N–H and O–H groups in total. The van der Waals surface area contributed by atoms with E-state index >= 15 is 0 Å². The van der Waals surface area contributed by atoms with E-state index < -0.39 is 5.63 Å². The largest absolute Gasteiger partial charge is 0.423 e. The molecule has 2 rings (SSSR count). The third kappa shape index (κ3) is 1.68. The third-order valence-corrected chi connectivity index (χ3v) is 2.28. The molecule has 0 bridgehead atoms. The molecule has 0 fully saturated rings. The summed E-state index contributed by atoms with van der Waals surface area (Å²) in [7, 11) is 0. The summed E-state index contributed by atoms with van der Waals surface area (Å²) in [5.74, 6) is -0.126. The zero-order valence-corrected chi connectivity index (χ0v) is 8.53. The normalized spacial score (nSPS) is 10.5. The molecule has 15 heavy (non-hydrogen) atoms. The van der Waals surface area contributed by atoms with Gasteiger partial charge in [0, 0.05) is 17.0 Å². The highest BCUT2D eigenvalue weighted by atomic mass is 16.4. The molecular formula is C12H10O3. The second kappa shape index (κ2) is 3.35. The molecule has 0 saturated heterocycles. The van der Waals surface area contributed by atoms with Gasteiger partial charge in [-0.25, -0.2) is 4.79 Å². The van der Waals surface area contributed by atoms with E-state index in [1.54, 1.807) is 6.07 Å². The average Bonchev–Trinajstić information content (AvgIpc) is 2.17. The second-order valence-electron chi connectivity index (χ2n) is 3.53. The predicted octanol–water partition coefficient (Wildman–Crippen LogP) is 2.30. The molecule has 2 aromatic rings. The molecule has 0 spiro atoms. The molecule has 0 aliphatic carbocycles. The highest BCUT2D eigenvalue weighted by Gasteiger charge is 2.08. The number of hydrogen-bond donors (Lipinski definition) is 0. The first-order valence-corrected chi connectivity index (χ1v) is 4.63. The molecule has 0 atom stereocenters. The summed E-state index contributed by atoms with van der Waals surface area (Å²) in [6.45, 7) is 3.37. The van der Waals surface area contributed by atoms with Gasteiger partial charge in [-0.1, -0.05) is 11.6 Å². The molecule has 0 amide bonds. The Morgan fingerprint density at radius 3 is 2.67 bits per heavy atom. The average molecular weight is 202 g/mol. The Hall–Kier alpha value is -1.90. The van der Waals surface area contributed by atoms with E-state index in [-0.39, 0.29) is 5.78 Å². The number of Topliss-reactive ketones (excluding diaryl/α,β-unsaturated/α-hetero) is 1. The van der Waals surface area contributed by atoms with Crippen LogP contribution in [0, 0.1) is 6.92 Å². The Morgan fingerprint density at radius 2 is 2.00 bits per heavy atom.